The zero-order valence-corrected chi connectivity index (χ0v) is 13.6. The molecule has 2 unspecified atom stereocenters. The molecule has 3 N–H and O–H groups in total. The highest BCUT2D eigenvalue weighted by Crippen LogP contribution is 2.22. The van der Waals surface area contributed by atoms with Gasteiger partial charge in [0.05, 0.1) is 19.3 Å². The van der Waals surface area contributed by atoms with Crippen LogP contribution in [0.25, 0.3) is 0 Å². The third kappa shape index (κ3) is 5.89. The summed E-state index contributed by atoms with van der Waals surface area (Å²) in [5.41, 5.74) is 6.55. The maximum atomic E-state index is 13.6. The van der Waals surface area contributed by atoms with E-state index in [-0.39, 0.29) is 23.8 Å². The Labute approximate surface area is 137 Å². The largest absolute Gasteiger partial charge is 0.379 e. The lowest BCUT2D eigenvalue weighted by Gasteiger charge is -2.35. The number of amides is 1. The molecule has 0 aromatic heterocycles. The van der Waals surface area contributed by atoms with Crippen LogP contribution in [-0.4, -0.2) is 49.7 Å². The molecule has 5 nitrogen and oxygen atoms in total. The summed E-state index contributed by atoms with van der Waals surface area (Å²) in [6.07, 6.45) is 1.07. The van der Waals surface area contributed by atoms with Crippen molar-refractivity contribution >= 4 is 5.91 Å². The molecular weight excluding hydrogens is 297 g/mol. The van der Waals surface area contributed by atoms with Crippen LogP contribution in [0.1, 0.15) is 31.4 Å². The molecule has 0 spiro atoms. The van der Waals surface area contributed by atoms with E-state index in [4.69, 9.17) is 10.5 Å². The third-order valence-corrected chi connectivity index (χ3v) is 4.04. The SMILES string of the molecule is CC(N)CCC(=O)NCC(c1cccc(F)c1)N1CCOCC1. The fraction of sp³-hybridized carbons (Fsp3) is 0.588. The maximum absolute atomic E-state index is 13.6. The minimum absolute atomic E-state index is 0.0130. The van der Waals surface area contributed by atoms with E-state index in [1.54, 1.807) is 6.07 Å². The molecule has 6 heteroatoms. The van der Waals surface area contributed by atoms with E-state index >= 15 is 0 Å². The Bertz CT molecular complexity index is 504. The standard InChI is InChI=1S/C17H26FN3O2/c1-13(19)5-6-17(22)20-12-16(21-7-9-23-10-8-21)14-3-2-4-15(18)11-14/h2-4,11,13,16H,5-10,12,19H2,1H3,(H,20,22). The number of rotatable bonds is 7. The normalized spacial score (nSPS) is 18.4. The first kappa shape index (κ1) is 17.8. The Balaban J connectivity index is 2.00. The van der Waals surface area contributed by atoms with Crippen molar-refractivity contribution in [3.63, 3.8) is 0 Å². The minimum atomic E-state index is -0.260. The summed E-state index contributed by atoms with van der Waals surface area (Å²) in [4.78, 5) is 14.2. The molecule has 1 amide bonds. The molecule has 23 heavy (non-hydrogen) atoms. The van der Waals surface area contributed by atoms with Gasteiger partial charge in [-0.1, -0.05) is 12.1 Å². The molecule has 2 atom stereocenters. The van der Waals surface area contributed by atoms with Gasteiger partial charge in [0.15, 0.2) is 0 Å². The molecule has 1 aliphatic heterocycles. The van der Waals surface area contributed by atoms with Gasteiger partial charge in [-0.3, -0.25) is 9.69 Å². The van der Waals surface area contributed by atoms with Gasteiger partial charge in [0.25, 0.3) is 0 Å². The monoisotopic (exact) mass is 323 g/mol. The van der Waals surface area contributed by atoms with Crippen LogP contribution in [0.5, 0.6) is 0 Å². The predicted octanol–water partition coefficient (Wildman–Crippen LogP) is 1.44. The van der Waals surface area contributed by atoms with Crippen molar-refractivity contribution in [1.82, 2.24) is 10.2 Å². The van der Waals surface area contributed by atoms with Crippen molar-refractivity contribution in [2.24, 2.45) is 5.73 Å². The van der Waals surface area contributed by atoms with Gasteiger partial charge >= 0.3 is 0 Å². The number of hydrogen-bond acceptors (Lipinski definition) is 4. The molecule has 1 fully saturated rings. The van der Waals surface area contributed by atoms with E-state index in [0.717, 1.165) is 18.7 Å². The second kappa shape index (κ2) is 8.96. The zero-order valence-electron chi connectivity index (χ0n) is 13.6. The number of hydrogen-bond donors (Lipinski definition) is 2. The number of morpholine rings is 1. The lowest BCUT2D eigenvalue weighted by atomic mass is 10.0. The van der Waals surface area contributed by atoms with Crippen LogP contribution in [0.4, 0.5) is 4.39 Å². The Morgan fingerprint density at radius 1 is 1.43 bits per heavy atom. The van der Waals surface area contributed by atoms with Gasteiger partial charge in [-0.05, 0) is 31.0 Å². The summed E-state index contributed by atoms with van der Waals surface area (Å²) < 4.78 is 18.9. The topological polar surface area (TPSA) is 67.6 Å². The number of ether oxygens (including phenoxy) is 1. The van der Waals surface area contributed by atoms with Crippen LogP contribution < -0.4 is 11.1 Å². The summed E-state index contributed by atoms with van der Waals surface area (Å²) in [6.45, 7) is 5.21. The van der Waals surface area contributed by atoms with Crippen molar-refractivity contribution in [3.8, 4) is 0 Å². The van der Waals surface area contributed by atoms with Crippen molar-refractivity contribution in [2.75, 3.05) is 32.8 Å². The minimum Gasteiger partial charge on any atom is -0.379 e. The predicted molar refractivity (Wildman–Crippen MR) is 87.4 cm³/mol. The van der Waals surface area contributed by atoms with Crippen molar-refractivity contribution in [2.45, 2.75) is 31.8 Å². The first-order valence-electron chi connectivity index (χ1n) is 8.16. The molecule has 128 valence electrons. The summed E-state index contributed by atoms with van der Waals surface area (Å²) >= 11 is 0. The molecule has 0 aliphatic carbocycles. The van der Waals surface area contributed by atoms with Crippen molar-refractivity contribution in [1.29, 1.82) is 0 Å². The van der Waals surface area contributed by atoms with Gasteiger partial charge in [0.2, 0.25) is 5.91 Å². The summed E-state index contributed by atoms with van der Waals surface area (Å²) in [7, 11) is 0. The van der Waals surface area contributed by atoms with Crippen LogP contribution in [0.2, 0.25) is 0 Å². The van der Waals surface area contributed by atoms with Crippen LogP contribution in [0.15, 0.2) is 24.3 Å². The second-order valence-electron chi connectivity index (χ2n) is 6.04. The molecule has 1 heterocycles. The maximum Gasteiger partial charge on any atom is 0.220 e. The Morgan fingerprint density at radius 2 is 2.17 bits per heavy atom. The number of carbonyl (C=O) groups excluding carboxylic acids is 1. The Hall–Kier alpha value is -1.50. The number of halogens is 1. The molecule has 0 radical (unpaired) electrons. The number of nitrogens with two attached hydrogens (primary N) is 1. The molecule has 2 rings (SSSR count). The van der Waals surface area contributed by atoms with Gasteiger partial charge in [0, 0.05) is 32.1 Å². The fourth-order valence-corrected chi connectivity index (χ4v) is 2.72. The van der Waals surface area contributed by atoms with Crippen molar-refractivity contribution in [3.05, 3.63) is 35.6 Å². The van der Waals surface area contributed by atoms with E-state index in [1.165, 1.54) is 12.1 Å². The highest BCUT2D eigenvalue weighted by atomic mass is 19.1. The van der Waals surface area contributed by atoms with Crippen LogP contribution in [0, 0.1) is 5.82 Å². The first-order valence-corrected chi connectivity index (χ1v) is 8.16. The van der Waals surface area contributed by atoms with Crippen LogP contribution in [0.3, 0.4) is 0 Å². The van der Waals surface area contributed by atoms with E-state index < -0.39 is 0 Å². The van der Waals surface area contributed by atoms with Crippen molar-refractivity contribution < 1.29 is 13.9 Å². The van der Waals surface area contributed by atoms with Gasteiger partial charge in [-0.25, -0.2) is 4.39 Å². The fourth-order valence-electron chi connectivity index (χ4n) is 2.72. The smallest absolute Gasteiger partial charge is 0.220 e. The van der Waals surface area contributed by atoms with E-state index in [2.05, 4.69) is 10.2 Å². The van der Waals surface area contributed by atoms with E-state index in [1.807, 2.05) is 13.0 Å². The third-order valence-electron chi connectivity index (χ3n) is 4.04. The average molecular weight is 323 g/mol. The summed E-state index contributed by atoms with van der Waals surface area (Å²) in [5.74, 6) is -0.277. The zero-order chi connectivity index (χ0) is 16.7. The highest BCUT2D eigenvalue weighted by molar-refractivity contribution is 5.75. The first-order chi connectivity index (χ1) is 11.1. The van der Waals surface area contributed by atoms with Gasteiger partial charge in [-0.15, -0.1) is 0 Å². The number of nitrogens with one attached hydrogen (secondary N) is 1. The van der Waals surface area contributed by atoms with E-state index in [9.17, 15) is 9.18 Å². The van der Waals surface area contributed by atoms with Crippen LogP contribution in [-0.2, 0) is 9.53 Å². The van der Waals surface area contributed by atoms with Gasteiger partial charge < -0.3 is 15.8 Å². The second-order valence-corrected chi connectivity index (χ2v) is 6.04. The molecule has 1 saturated heterocycles. The van der Waals surface area contributed by atoms with Crippen LogP contribution >= 0.6 is 0 Å². The average Bonchev–Trinajstić information content (AvgIpc) is 2.54. The number of benzene rings is 1. The molecule has 0 bridgehead atoms. The van der Waals surface area contributed by atoms with Gasteiger partial charge in [0.1, 0.15) is 5.82 Å². The quantitative estimate of drug-likeness (QED) is 0.797. The molecule has 1 aromatic carbocycles. The molecule has 1 aliphatic rings. The van der Waals surface area contributed by atoms with Gasteiger partial charge in [-0.2, -0.15) is 0 Å². The molecule has 1 aromatic rings. The number of nitrogens with zero attached hydrogens (tertiary/aromatic N) is 1. The Morgan fingerprint density at radius 3 is 2.83 bits per heavy atom. The highest BCUT2D eigenvalue weighted by Gasteiger charge is 2.23. The molecule has 0 saturated carbocycles. The lowest BCUT2D eigenvalue weighted by Crippen LogP contribution is -2.44. The summed E-state index contributed by atoms with van der Waals surface area (Å²) in [5, 5.41) is 2.95. The number of carbonyl (C=O) groups is 1. The Kier molecular flexibility index (Phi) is 6.95. The lowest BCUT2D eigenvalue weighted by molar-refractivity contribution is -0.121. The summed E-state index contributed by atoms with van der Waals surface area (Å²) in [6, 6.07) is 6.54. The molecular formula is C17H26FN3O2. The van der Waals surface area contributed by atoms with E-state index in [0.29, 0.717) is 32.6 Å².